The number of hydrogen-bond acceptors (Lipinski definition) is 6. The molecule has 0 aliphatic heterocycles. The first-order valence-corrected chi connectivity index (χ1v) is 6.06. The quantitative estimate of drug-likeness (QED) is 0.807. The molecule has 1 aromatic carbocycles. The van der Waals surface area contributed by atoms with Crippen molar-refractivity contribution in [3.05, 3.63) is 42.1 Å². The van der Waals surface area contributed by atoms with Crippen LogP contribution in [0.1, 0.15) is 5.69 Å². The van der Waals surface area contributed by atoms with Gasteiger partial charge in [-0.1, -0.05) is 0 Å². The van der Waals surface area contributed by atoms with Gasteiger partial charge in [-0.25, -0.2) is 0 Å². The highest BCUT2D eigenvalue weighted by Gasteiger charge is 1.97. The fraction of sp³-hybridized carbons (Fsp3) is 0.214. The molecule has 6 heteroatoms. The highest BCUT2D eigenvalue weighted by atomic mass is 16.5. The number of ether oxygens (including phenoxy) is 2. The molecule has 0 saturated carbocycles. The number of benzene rings is 1. The normalized spacial score (nSPS) is 9.60. The number of nitrogens with zero attached hydrogens (tertiary/aromatic N) is 3. The van der Waals surface area contributed by atoms with Crippen LogP contribution in [-0.2, 0) is 0 Å². The Bertz CT molecular complexity index is 576. The summed E-state index contributed by atoms with van der Waals surface area (Å²) in [6.07, 6.45) is 0. The molecular weight excluding hydrogens is 256 g/mol. The molecule has 0 bridgehead atoms. The van der Waals surface area contributed by atoms with Crippen molar-refractivity contribution in [2.24, 2.45) is 0 Å². The molecule has 0 saturated heterocycles. The Morgan fingerprint density at radius 3 is 2.45 bits per heavy atom. The van der Waals surface area contributed by atoms with E-state index in [9.17, 15) is 0 Å². The van der Waals surface area contributed by atoms with Gasteiger partial charge >= 0.3 is 0 Å². The van der Waals surface area contributed by atoms with Crippen LogP contribution < -0.4 is 14.8 Å². The Hall–Kier alpha value is -2.81. The van der Waals surface area contributed by atoms with E-state index < -0.39 is 0 Å². The Morgan fingerprint density at radius 2 is 1.85 bits per heavy atom. The lowest BCUT2D eigenvalue weighted by atomic mass is 10.3. The predicted molar refractivity (Wildman–Crippen MR) is 73.7 cm³/mol. The molecule has 0 amide bonds. The third kappa shape index (κ3) is 3.85. The van der Waals surface area contributed by atoms with Crippen LogP contribution in [0, 0.1) is 11.3 Å². The van der Waals surface area contributed by atoms with E-state index in [1.165, 1.54) is 0 Å². The van der Waals surface area contributed by atoms with Crippen LogP contribution in [0.4, 0.5) is 5.82 Å². The summed E-state index contributed by atoms with van der Waals surface area (Å²) >= 11 is 0. The van der Waals surface area contributed by atoms with E-state index in [0.29, 0.717) is 24.7 Å². The van der Waals surface area contributed by atoms with E-state index in [0.717, 1.165) is 11.5 Å². The van der Waals surface area contributed by atoms with Crippen LogP contribution in [0.2, 0.25) is 0 Å². The largest absolute Gasteiger partial charge is 0.497 e. The molecule has 0 atom stereocenters. The number of anilines is 1. The Morgan fingerprint density at radius 1 is 1.10 bits per heavy atom. The molecular formula is C14H14N4O2. The van der Waals surface area contributed by atoms with Gasteiger partial charge in [-0.15, -0.1) is 10.2 Å². The van der Waals surface area contributed by atoms with E-state index in [-0.39, 0.29) is 0 Å². The minimum absolute atomic E-state index is 0.296. The number of rotatable bonds is 6. The maximum absolute atomic E-state index is 8.60. The maximum Gasteiger partial charge on any atom is 0.163 e. The molecule has 0 radical (unpaired) electrons. The van der Waals surface area contributed by atoms with Crippen LogP contribution in [-0.4, -0.2) is 30.5 Å². The fourth-order valence-electron chi connectivity index (χ4n) is 1.51. The van der Waals surface area contributed by atoms with Gasteiger partial charge in [0.05, 0.1) is 13.7 Å². The first-order valence-electron chi connectivity index (χ1n) is 6.06. The van der Waals surface area contributed by atoms with Crippen molar-refractivity contribution in [1.82, 2.24) is 10.2 Å². The van der Waals surface area contributed by atoms with E-state index in [4.69, 9.17) is 14.7 Å². The van der Waals surface area contributed by atoms with Crippen LogP contribution in [0.5, 0.6) is 11.5 Å². The van der Waals surface area contributed by atoms with Gasteiger partial charge in [-0.3, -0.25) is 0 Å². The number of nitrogens with one attached hydrogen (secondary N) is 1. The Kier molecular flexibility index (Phi) is 4.73. The highest BCUT2D eigenvalue weighted by molar-refractivity contribution is 5.35. The zero-order valence-corrected chi connectivity index (χ0v) is 11.0. The summed E-state index contributed by atoms with van der Waals surface area (Å²) in [5, 5.41) is 19.2. The predicted octanol–water partition coefficient (Wildman–Crippen LogP) is 1.85. The van der Waals surface area contributed by atoms with Crippen molar-refractivity contribution >= 4 is 5.82 Å². The van der Waals surface area contributed by atoms with Gasteiger partial charge in [0, 0.05) is 0 Å². The number of hydrogen-bond donors (Lipinski definition) is 1. The molecule has 1 heterocycles. The lowest BCUT2D eigenvalue weighted by Gasteiger charge is -2.08. The highest BCUT2D eigenvalue weighted by Crippen LogP contribution is 2.16. The van der Waals surface area contributed by atoms with Crippen molar-refractivity contribution in [2.75, 3.05) is 25.6 Å². The molecule has 2 rings (SSSR count). The van der Waals surface area contributed by atoms with Crippen LogP contribution >= 0.6 is 0 Å². The van der Waals surface area contributed by atoms with Crippen molar-refractivity contribution in [3.8, 4) is 17.6 Å². The SMILES string of the molecule is COc1ccc(OCCNc2ccc(C#N)nn2)cc1. The Labute approximate surface area is 117 Å². The zero-order chi connectivity index (χ0) is 14.2. The van der Waals surface area contributed by atoms with Gasteiger partial charge in [0.15, 0.2) is 5.69 Å². The molecule has 0 fully saturated rings. The van der Waals surface area contributed by atoms with Crippen LogP contribution in [0.25, 0.3) is 0 Å². The monoisotopic (exact) mass is 270 g/mol. The zero-order valence-electron chi connectivity index (χ0n) is 11.0. The molecule has 1 aromatic heterocycles. The van der Waals surface area contributed by atoms with E-state index in [1.807, 2.05) is 30.3 Å². The average Bonchev–Trinajstić information content (AvgIpc) is 2.53. The number of methoxy groups -OCH3 is 1. The van der Waals surface area contributed by atoms with Crippen molar-refractivity contribution < 1.29 is 9.47 Å². The third-order valence-electron chi connectivity index (χ3n) is 2.52. The summed E-state index contributed by atoms with van der Waals surface area (Å²) < 4.78 is 10.6. The molecule has 0 unspecified atom stereocenters. The molecule has 0 aliphatic carbocycles. The second-order valence-corrected chi connectivity index (χ2v) is 3.87. The van der Waals surface area contributed by atoms with Crippen molar-refractivity contribution in [3.63, 3.8) is 0 Å². The van der Waals surface area contributed by atoms with Gasteiger partial charge in [0.1, 0.15) is 30.0 Å². The van der Waals surface area contributed by atoms with Gasteiger partial charge in [0.25, 0.3) is 0 Å². The second-order valence-electron chi connectivity index (χ2n) is 3.87. The minimum Gasteiger partial charge on any atom is -0.497 e. The first-order chi connectivity index (χ1) is 9.81. The molecule has 102 valence electrons. The van der Waals surface area contributed by atoms with Gasteiger partial charge in [-0.05, 0) is 36.4 Å². The molecule has 6 nitrogen and oxygen atoms in total. The molecule has 1 N–H and O–H groups in total. The first kappa shape index (κ1) is 13.6. The molecule has 20 heavy (non-hydrogen) atoms. The van der Waals surface area contributed by atoms with Crippen molar-refractivity contribution in [1.29, 1.82) is 5.26 Å². The maximum atomic E-state index is 8.60. The minimum atomic E-state index is 0.296. The van der Waals surface area contributed by atoms with Crippen molar-refractivity contribution in [2.45, 2.75) is 0 Å². The van der Waals surface area contributed by atoms with Gasteiger partial charge in [-0.2, -0.15) is 5.26 Å². The Balaban J connectivity index is 1.74. The summed E-state index contributed by atoms with van der Waals surface area (Å²) in [5.41, 5.74) is 0.296. The summed E-state index contributed by atoms with van der Waals surface area (Å²) in [6.45, 7) is 1.08. The van der Waals surface area contributed by atoms with E-state index in [1.54, 1.807) is 19.2 Å². The number of aromatic nitrogens is 2. The van der Waals surface area contributed by atoms with E-state index >= 15 is 0 Å². The summed E-state index contributed by atoms with van der Waals surface area (Å²) in [7, 11) is 1.62. The van der Waals surface area contributed by atoms with Gasteiger partial charge < -0.3 is 14.8 Å². The average molecular weight is 270 g/mol. The fourth-order valence-corrected chi connectivity index (χ4v) is 1.51. The van der Waals surface area contributed by atoms with E-state index in [2.05, 4.69) is 15.5 Å². The number of nitriles is 1. The lowest BCUT2D eigenvalue weighted by molar-refractivity contribution is 0.331. The van der Waals surface area contributed by atoms with Crippen LogP contribution in [0.3, 0.4) is 0 Å². The van der Waals surface area contributed by atoms with Crippen LogP contribution in [0.15, 0.2) is 36.4 Å². The second kappa shape index (κ2) is 6.95. The molecule has 0 aliphatic rings. The topological polar surface area (TPSA) is 80.1 Å². The van der Waals surface area contributed by atoms with Gasteiger partial charge in [0.2, 0.25) is 0 Å². The smallest absolute Gasteiger partial charge is 0.163 e. The summed E-state index contributed by atoms with van der Waals surface area (Å²) in [6, 6.07) is 12.6. The third-order valence-corrected chi connectivity index (χ3v) is 2.52. The molecule has 0 spiro atoms. The summed E-state index contributed by atoms with van der Waals surface area (Å²) in [4.78, 5) is 0. The lowest BCUT2D eigenvalue weighted by Crippen LogP contribution is -2.12. The molecule has 2 aromatic rings. The standard InChI is InChI=1S/C14H14N4O2/c1-19-12-3-5-13(6-4-12)20-9-8-16-14-7-2-11(10-15)17-18-14/h2-7H,8-9H2,1H3,(H,16,18). The summed E-state index contributed by atoms with van der Waals surface area (Å²) in [5.74, 6) is 2.18.